The topological polar surface area (TPSA) is 94.2 Å². The first-order valence-corrected chi connectivity index (χ1v) is 12.2. The number of nitrogens with zero attached hydrogens (tertiary/aromatic N) is 1. The summed E-state index contributed by atoms with van der Waals surface area (Å²) in [6, 6.07) is 4.57. The first-order chi connectivity index (χ1) is 14.5. The molecule has 1 aliphatic carbocycles. The largest absolute Gasteiger partial charge is 0.495 e. The minimum Gasteiger partial charge on any atom is -0.495 e. The number of piperidine rings is 1. The Labute approximate surface area is 177 Å². The molecule has 0 bridgehead atoms. The highest BCUT2D eigenvalue weighted by Crippen LogP contribution is 2.30. The zero-order chi connectivity index (χ0) is 21.1. The third kappa shape index (κ3) is 4.64. The number of benzene rings is 1. The SMILES string of the molecule is COc1ccc(C(=O)N2CCC(C3OCCO3)CC2)cc1S(=O)(=O)NC1CCCC1. The second-order valence-electron chi connectivity index (χ2n) is 8.21. The van der Waals surface area contributed by atoms with E-state index in [1.54, 1.807) is 17.0 Å². The van der Waals surface area contributed by atoms with Gasteiger partial charge in [-0.1, -0.05) is 12.8 Å². The summed E-state index contributed by atoms with van der Waals surface area (Å²) in [4.78, 5) is 14.8. The highest BCUT2D eigenvalue weighted by atomic mass is 32.2. The van der Waals surface area contributed by atoms with Crippen molar-refractivity contribution in [1.29, 1.82) is 0 Å². The average molecular weight is 439 g/mol. The Kier molecular flexibility index (Phi) is 6.62. The molecule has 1 aromatic carbocycles. The van der Waals surface area contributed by atoms with Crippen LogP contribution in [0.5, 0.6) is 5.75 Å². The fourth-order valence-corrected chi connectivity index (χ4v) is 6.05. The smallest absolute Gasteiger partial charge is 0.253 e. The highest BCUT2D eigenvalue weighted by Gasteiger charge is 2.33. The van der Waals surface area contributed by atoms with Gasteiger partial charge >= 0.3 is 0 Å². The quantitative estimate of drug-likeness (QED) is 0.731. The van der Waals surface area contributed by atoms with Crippen LogP contribution in [0.4, 0.5) is 0 Å². The van der Waals surface area contributed by atoms with Gasteiger partial charge < -0.3 is 19.1 Å². The van der Waals surface area contributed by atoms with Crippen LogP contribution >= 0.6 is 0 Å². The van der Waals surface area contributed by atoms with Gasteiger partial charge in [-0.15, -0.1) is 0 Å². The third-order valence-electron chi connectivity index (χ3n) is 6.24. The summed E-state index contributed by atoms with van der Waals surface area (Å²) in [6.45, 7) is 2.45. The molecule has 3 aliphatic rings. The Hall–Kier alpha value is -1.68. The molecule has 1 amide bonds. The van der Waals surface area contributed by atoms with Crippen LogP contribution in [-0.4, -0.2) is 65.0 Å². The number of carbonyl (C=O) groups is 1. The van der Waals surface area contributed by atoms with E-state index in [-0.39, 0.29) is 28.9 Å². The molecule has 1 saturated carbocycles. The van der Waals surface area contributed by atoms with Gasteiger partial charge in [-0.05, 0) is 43.9 Å². The van der Waals surface area contributed by atoms with Gasteiger partial charge in [-0.3, -0.25) is 4.79 Å². The van der Waals surface area contributed by atoms with Crippen LogP contribution in [0.1, 0.15) is 48.9 Å². The van der Waals surface area contributed by atoms with E-state index in [0.717, 1.165) is 38.5 Å². The van der Waals surface area contributed by atoms with Crippen molar-refractivity contribution in [1.82, 2.24) is 9.62 Å². The van der Waals surface area contributed by atoms with Crippen molar-refractivity contribution in [3.05, 3.63) is 23.8 Å². The van der Waals surface area contributed by atoms with Crippen LogP contribution < -0.4 is 9.46 Å². The summed E-state index contributed by atoms with van der Waals surface area (Å²) in [6.07, 6.45) is 5.17. The predicted molar refractivity (Wildman–Crippen MR) is 110 cm³/mol. The Morgan fingerprint density at radius 2 is 1.77 bits per heavy atom. The molecule has 0 atom stereocenters. The van der Waals surface area contributed by atoms with Crippen LogP contribution in [0.2, 0.25) is 0 Å². The van der Waals surface area contributed by atoms with Crippen molar-refractivity contribution in [3.63, 3.8) is 0 Å². The lowest BCUT2D eigenvalue weighted by Gasteiger charge is -2.34. The number of nitrogens with one attached hydrogen (secondary N) is 1. The van der Waals surface area contributed by atoms with Crippen LogP contribution in [0.15, 0.2) is 23.1 Å². The Morgan fingerprint density at radius 1 is 1.10 bits per heavy atom. The minimum atomic E-state index is -3.77. The van der Waals surface area contributed by atoms with Gasteiger partial charge in [0.1, 0.15) is 10.6 Å². The van der Waals surface area contributed by atoms with Crippen LogP contribution in [-0.2, 0) is 19.5 Å². The van der Waals surface area contributed by atoms with E-state index in [9.17, 15) is 13.2 Å². The van der Waals surface area contributed by atoms with Gasteiger partial charge in [0.25, 0.3) is 5.91 Å². The van der Waals surface area contributed by atoms with Crippen molar-refractivity contribution < 1.29 is 27.4 Å². The molecule has 0 spiro atoms. The molecule has 2 saturated heterocycles. The van der Waals surface area contributed by atoms with Gasteiger partial charge in [0.05, 0.1) is 20.3 Å². The first-order valence-electron chi connectivity index (χ1n) is 10.7. The zero-order valence-electron chi connectivity index (χ0n) is 17.3. The van der Waals surface area contributed by atoms with Gasteiger partial charge in [-0.25, -0.2) is 13.1 Å². The molecule has 1 aromatic rings. The van der Waals surface area contributed by atoms with Gasteiger partial charge in [0, 0.05) is 30.6 Å². The van der Waals surface area contributed by atoms with E-state index in [1.165, 1.54) is 13.2 Å². The van der Waals surface area contributed by atoms with E-state index in [1.807, 2.05) is 0 Å². The molecule has 166 valence electrons. The molecule has 2 heterocycles. The average Bonchev–Trinajstić information content (AvgIpc) is 3.47. The molecule has 3 fully saturated rings. The standard InChI is InChI=1S/C21H30N2O6S/c1-27-18-7-6-16(14-19(18)30(25,26)22-17-4-2-3-5-17)20(24)23-10-8-15(9-11-23)21-28-12-13-29-21/h6-7,14-15,17,21-22H,2-5,8-13H2,1H3. The summed E-state index contributed by atoms with van der Waals surface area (Å²) < 4.78 is 45.2. The van der Waals surface area contributed by atoms with Crippen molar-refractivity contribution in [3.8, 4) is 5.75 Å². The molecule has 0 unspecified atom stereocenters. The van der Waals surface area contributed by atoms with E-state index in [0.29, 0.717) is 37.8 Å². The molecule has 2 aliphatic heterocycles. The van der Waals surface area contributed by atoms with Crippen molar-refractivity contribution in [2.24, 2.45) is 5.92 Å². The molecule has 1 N–H and O–H groups in total. The lowest BCUT2D eigenvalue weighted by atomic mass is 9.95. The van der Waals surface area contributed by atoms with E-state index in [4.69, 9.17) is 14.2 Å². The molecule has 8 nitrogen and oxygen atoms in total. The number of carbonyl (C=O) groups excluding carboxylic acids is 1. The summed E-state index contributed by atoms with van der Waals surface area (Å²) in [7, 11) is -2.34. The second-order valence-corrected chi connectivity index (χ2v) is 9.89. The van der Waals surface area contributed by atoms with Crippen LogP contribution in [0, 0.1) is 5.92 Å². The lowest BCUT2D eigenvalue weighted by Crippen LogP contribution is -2.41. The van der Waals surface area contributed by atoms with E-state index in [2.05, 4.69) is 4.72 Å². The molecular formula is C21H30N2O6S. The lowest BCUT2D eigenvalue weighted by molar-refractivity contribution is -0.0956. The maximum absolute atomic E-state index is 13.1. The molecule has 9 heteroatoms. The molecule has 0 aromatic heterocycles. The number of ether oxygens (including phenoxy) is 3. The number of rotatable bonds is 6. The fourth-order valence-electron chi connectivity index (χ4n) is 4.55. The van der Waals surface area contributed by atoms with Crippen LogP contribution in [0.25, 0.3) is 0 Å². The number of likely N-dealkylation sites (tertiary alicyclic amines) is 1. The normalized spacial score (nSPS) is 22.0. The van der Waals surface area contributed by atoms with Crippen molar-refractivity contribution in [2.45, 2.75) is 55.8 Å². The summed E-state index contributed by atoms with van der Waals surface area (Å²) in [5, 5.41) is 0. The maximum atomic E-state index is 13.1. The number of hydrogen-bond donors (Lipinski definition) is 1. The zero-order valence-corrected chi connectivity index (χ0v) is 18.2. The summed E-state index contributed by atoms with van der Waals surface area (Å²) >= 11 is 0. The van der Waals surface area contributed by atoms with Gasteiger partial charge in [-0.2, -0.15) is 0 Å². The number of methoxy groups -OCH3 is 1. The summed E-state index contributed by atoms with van der Waals surface area (Å²) in [5.41, 5.74) is 0.356. The number of sulfonamides is 1. The van der Waals surface area contributed by atoms with Crippen molar-refractivity contribution >= 4 is 15.9 Å². The second kappa shape index (κ2) is 9.21. The number of hydrogen-bond acceptors (Lipinski definition) is 6. The third-order valence-corrected chi connectivity index (χ3v) is 7.78. The number of amides is 1. The Morgan fingerprint density at radius 3 is 2.40 bits per heavy atom. The monoisotopic (exact) mass is 438 g/mol. The molecule has 4 rings (SSSR count). The molecule has 0 radical (unpaired) electrons. The van der Waals surface area contributed by atoms with Gasteiger partial charge in [0.15, 0.2) is 6.29 Å². The molecular weight excluding hydrogens is 408 g/mol. The summed E-state index contributed by atoms with van der Waals surface area (Å²) in [5.74, 6) is 0.368. The minimum absolute atomic E-state index is 0.0189. The first kappa shape index (κ1) is 21.5. The predicted octanol–water partition coefficient (Wildman–Crippen LogP) is 2.14. The maximum Gasteiger partial charge on any atom is 0.253 e. The molecule has 30 heavy (non-hydrogen) atoms. The van der Waals surface area contributed by atoms with Crippen molar-refractivity contribution in [2.75, 3.05) is 33.4 Å². The highest BCUT2D eigenvalue weighted by molar-refractivity contribution is 7.89. The van der Waals surface area contributed by atoms with E-state index < -0.39 is 10.0 Å². The Bertz CT molecular complexity index is 854. The Balaban J connectivity index is 1.47. The van der Waals surface area contributed by atoms with E-state index >= 15 is 0 Å². The van der Waals surface area contributed by atoms with Gasteiger partial charge in [0.2, 0.25) is 10.0 Å². The van der Waals surface area contributed by atoms with Crippen LogP contribution in [0.3, 0.4) is 0 Å². The fraction of sp³-hybridized carbons (Fsp3) is 0.667.